The minimum absolute atomic E-state index is 0.0203. The molecule has 146 valence electrons. The molecule has 0 spiro atoms. The number of benzene rings is 2. The molecule has 0 aliphatic carbocycles. The van der Waals surface area contributed by atoms with E-state index >= 15 is 0 Å². The smallest absolute Gasteiger partial charge is 0.178 e. The number of hydrogen-bond donors (Lipinski definition) is 0. The fourth-order valence-electron chi connectivity index (χ4n) is 2.80. The van der Waals surface area contributed by atoms with E-state index in [9.17, 15) is 17.2 Å². The van der Waals surface area contributed by atoms with E-state index in [1.54, 1.807) is 12.1 Å². The molecule has 1 aliphatic heterocycles. The Morgan fingerprint density at radius 2 is 1.59 bits per heavy atom. The number of hydrogen-bond acceptors (Lipinski definition) is 3. The van der Waals surface area contributed by atoms with Gasteiger partial charge in [-0.25, -0.2) is 17.2 Å². The molecule has 0 bridgehead atoms. The van der Waals surface area contributed by atoms with Crippen LogP contribution in [0.2, 0.25) is 0 Å². The molecule has 1 heterocycles. The Bertz CT molecular complexity index is 872. The topological polar surface area (TPSA) is 43.4 Å². The fraction of sp³-hybridized carbons (Fsp3) is 0.333. The third kappa shape index (κ3) is 5.30. The van der Waals surface area contributed by atoms with Crippen molar-refractivity contribution in [1.29, 1.82) is 0 Å². The Balaban J connectivity index is 0.000000855. The summed E-state index contributed by atoms with van der Waals surface area (Å²) in [6.45, 7) is 6.03. The van der Waals surface area contributed by atoms with Gasteiger partial charge in [0.1, 0.15) is 5.82 Å². The highest BCUT2D eigenvalue weighted by molar-refractivity contribution is 7.91. The van der Waals surface area contributed by atoms with Gasteiger partial charge in [-0.05, 0) is 37.6 Å². The van der Waals surface area contributed by atoms with Crippen molar-refractivity contribution in [2.75, 3.05) is 12.4 Å². The van der Waals surface area contributed by atoms with Gasteiger partial charge in [0.15, 0.2) is 21.4 Å². The lowest BCUT2D eigenvalue weighted by atomic mass is 9.94. The average molecular weight is 394 g/mol. The number of halogens is 2. The second kappa shape index (κ2) is 10.1. The van der Waals surface area contributed by atoms with Crippen molar-refractivity contribution in [2.45, 2.75) is 38.0 Å². The van der Waals surface area contributed by atoms with Crippen LogP contribution in [-0.2, 0) is 9.84 Å². The van der Waals surface area contributed by atoms with E-state index in [-0.39, 0.29) is 28.6 Å². The first-order valence-electron chi connectivity index (χ1n) is 8.62. The summed E-state index contributed by atoms with van der Waals surface area (Å²) < 4.78 is 58.2. The van der Waals surface area contributed by atoms with Gasteiger partial charge < -0.3 is 4.74 Å². The fourth-order valence-corrected chi connectivity index (χ4v) is 4.40. The number of aryl methyl sites for hydroxylation is 1. The predicted octanol–water partition coefficient (Wildman–Crippen LogP) is 4.89. The molecule has 6 heteroatoms. The SMILES string of the molecule is C#C.CC.Cc1ccc(S(=O)(=O)CC2CCOc3c(F)ccc(F)c32)cc1. The lowest BCUT2D eigenvalue weighted by Gasteiger charge is -2.26. The number of fused-ring (bicyclic) bond motifs is 1. The highest BCUT2D eigenvalue weighted by Crippen LogP contribution is 2.39. The van der Waals surface area contributed by atoms with E-state index in [4.69, 9.17) is 4.74 Å². The summed E-state index contributed by atoms with van der Waals surface area (Å²) in [7, 11) is -3.59. The van der Waals surface area contributed by atoms with Crippen LogP contribution in [0, 0.1) is 31.4 Å². The third-order valence-electron chi connectivity index (χ3n) is 4.02. The molecular formula is C21H24F2O3S. The van der Waals surface area contributed by atoms with Gasteiger partial charge in [0.2, 0.25) is 0 Å². The summed E-state index contributed by atoms with van der Waals surface area (Å²) in [6.07, 6.45) is 8.33. The maximum atomic E-state index is 14.1. The van der Waals surface area contributed by atoms with Crippen LogP contribution in [0.3, 0.4) is 0 Å². The summed E-state index contributed by atoms with van der Waals surface area (Å²) in [5.74, 6) is -2.36. The first-order chi connectivity index (χ1) is 12.9. The Kier molecular flexibility index (Phi) is 8.45. The van der Waals surface area contributed by atoms with Crippen LogP contribution >= 0.6 is 0 Å². The zero-order valence-electron chi connectivity index (χ0n) is 15.7. The molecule has 2 aromatic rings. The Labute approximate surface area is 160 Å². The van der Waals surface area contributed by atoms with E-state index in [0.29, 0.717) is 6.42 Å². The molecule has 0 N–H and O–H groups in total. The molecule has 1 aliphatic rings. The average Bonchev–Trinajstić information content (AvgIpc) is 2.68. The zero-order chi connectivity index (χ0) is 20.6. The maximum absolute atomic E-state index is 14.1. The normalized spacial score (nSPS) is 15.1. The molecule has 0 saturated carbocycles. The third-order valence-corrected chi connectivity index (χ3v) is 5.85. The van der Waals surface area contributed by atoms with E-state index in [0.717, 1.165) is 17.7 Å². The van der Waals surface area contributed by atoms with Gasteiger partial charge in [-0.3, -0.25) is 0 Å². The molecule has 0 aromatic heterocycles. The largest absolute Gasteiger partial charge is 0.490 e. The molecule has 2 aromatic carbocycles. The monoisotopic (exact) mass is 394 g/mol. The first kappa shape index (κ1) is 22.7. The van der Waals surface area contributed by atoms with E-state index < -0.39 is 27.4 Å². The molecule has 0 amide bonds. The van der Waals surface area contributed by atoms with E-state index in [1.807, 2.05) is 20.8 Å². The molecule has 0 saturated heterocycles. The van der Waals surface area contributed by atoms with Crippen molar-refractivity contribution >= 4 is 9.84 Å². The van der Waals surface area contributed by atoms with Crippen LogP contribution in [-0.4, -0.2) is 20.8 Å². The minimum Gasteiger partial charge on any atom is -0.490 e. The number of sulfone groups is 1. The van der Waals surface area contributed by atoms with Crippen LogP contribution in [0.1, 0.15) is 37.3 Å². The summed E-state index contributed by atoms with van der Waals surface area (Å²) >= 11 is 0. The van der Waals surface area contributed by atoms with Crippen molar-refractivity contribution in [2.24, 2.45) is 0 Å². The highest BCUT2D eigenvalue weighted by Gasteiger charge is 2.32. The van der Waals surface area contributed by atoms with Crippen molar-refractivity contribution in [1.82, 2.24) is 0 Å². The lowest BCUT2D eigenvalue weighted by molar-refractivity contribution is 0.254. The van der Waals surface area contributed by atoms with Crippen molar-refractivity contribution < 1.29 is 21.9 Å². The Hall–Kier alpha value is -2.39. The predicted molar refractivity (Wildman–Crippen MR) is 104 cm³/mol. The highest BCUT2D eigenvalue weighted by atomic mass is 32.2. The zero-order valence-corrected chi connectivity index (χ0v) is 16.5. The van der Waals surface area contributed by atoms with Gasteiger partial charge in [-0.15, -0.1) is 12.8 Å². The molecule has 3 rings (SSSR count). The van der Waals surface area contributed by atoms with Crippen LogP contribution in [0.25, 0.3) is 0 Å². The molecule has 3 nitrogen and oxygen atoms in total. The minimum atomic E-state index is -3.59. The molecular weight excluding hydrogens is 370 g/mol. The van der Waals surface area contributed by atoms with Gasteiger partial charge in [0.05, 0.1) is 17.3 Å². The summed E-state index contributed by atoms with van der Waals surface area (Å²) in [6, 6.07) is 8.50. The van der Waals surface area contributed by atoms with Gasteiger partial charge in [-0.1, -0.05) is 31.5 Å². The van der Waals surface area contributed by atoms with Gasteiger partial charge in [-0.2, -0.15) is 0 Å². The van der Waals surface area contributed by atoms with E-state index in [2.05, 4.69) is 12.8 Å². The van der Waals surface area contributed by atoms with Gasteiger partial charge >= 0.3 is 0 Å². The number of terminal acetylenes is 1. The standard InChI is InChI=1S/C17H16F2O3S.C2H6.C2H2/c1-11-2-4-13(5-3-11)23(20,21)10-12-8-9-22-17-15(19)7-6-14(18)16(12)17;2*1-2/h2-7,12H,8-10H2,1H3;1-2H3;1-2H. The molecule has 0 fully saturated rings. The summed E-state index contributed by atoms with van der Waals surface area (Å²) in [4.78, 5) is 0.188. The second-order valence-electron chi connectivity index (χ2n) is 5.70. The molecule has 27 heavy (non-hydrogen) atoms. The van der Waals surface area contributed by atoms with Gasteiger partial charge in [0, 0.05) is 11.5 Å². The van der Waals surface area contributed by atoms with Crippen molar-refractivity contribution in [3.05, 3.63) is 59.2 Å². The lowest BCUT2D eigenvalue weighted by Crippen LogP contribution is -2.23. The van der Waals surface area contributed by atoms with Crippen LogP contribution < -0.4 is 4.74 Å². The molecule has 1 unspecified atom stereocenters. The molecule has 1 atom stereocenters. The summed E-state index contributed by atoms with van der Waals surface area (Å²) in [5, 5.41) is 0. The first-order valence-corrected chi connectivity index (χ1v) is 10.3. The second-order valence-corrected chi connectivity index (χ2v) is 7.73. The maximum Gasteiger partial charge on any atom is 0.178 e. The quantitative estimate of drug-likeness (QED) is 0.696. The van der Waals surface area contributed by atoms with Crippen LogP contribution in [0.5, 0.6) is 5.75 Å². The van der Waals surface area contributed by atoms with Crippen LogP contribution in [0.15, 0.2) is 41.3 Å². The summed E-state index contributed by atoms with van der Waals surface area (Å²) in [5.41, 5.74) is 0.973. The van der Waals surface area contributed by atoms with Gasteiger partial charge in [0.25, 0.3) is 0 Å². The van der Waals surface area contributed by atoms with Crippen molar-refractivity contribution in [3.63, 3.8) is 0 Å². The number of rotatable bonds is 3. The molecule has 0 radical (unpaired) electrons. The van der Waals surface area contributed by atoms with Crippen molar-refractivity contribution in [3.8, 4) is 18.6 Å². The number of ether oxygens (including phenoxy) is 1. The van der Waals surface area contributed by atoms with E-state index in [1.165, 1.54) is 12.1 Å². The van der Waals surface area contributed by atoms with Crippen LogP contribution in [0.4, 0.5) is 8.78 Å². The Morgan fingerprint density at radius 1 is 1.04 bits per heavy atom. The Morgan fingerprint density at radius 3 is 2.19 bits per heavy atom.